The number of carbonyl (C=O) groups excluding carboxylic acids is 2. The zero-order valence-corrected chi connectivity index (χ0v) is 15.6. The van der Waals surface area contributed by atoms with E-state index in [1.54, 1.807) is 33.9 Å². The lowest BCUT2D eigenvalue weighted by atomic mass is 9.68. The standard InChI is InChI=1S/C20H28FNO3/c1-19(2,3)25-17(23)14-22(4)18(24)20(11-6-5-7-12-20)15-9-8-10-16(21)13-15/h8-10,13H,5-7,11-12,14H2,1-4H3. The molecule has 0 radical (unpaired) electrons. The third kappa shape index (κ3) is 4.80. The molecule has 0 aliphatic heterocycles. The summed E-state index contributed by atoms with van der Waals surface area (Å²) in [4.78, 5) is 26.7. The lowest BCUT2D eigenvalue weighted by Gasteiger charge is -2.39. The normalized spacial score (nSPS) is 17.0. The molecular formula is C20H28FNO3. The summed E-state index contributed by atoms with van der Waals surface area (Å²) in [5.74, 6) is -0.915. The van der Waals surface area contributed by atoms with Crippen LogP contribution in [0.5, 0.6) is 0 Å². The van der Waals surface area contributed by atoms with E-state index in [0.717, 1.165) is 19.3 Å². The van der Waals surface area contributed by atoms with Crippen LogP contribution in [0.1, 0.15) is 58.4 Å². The van der Waals surface area contributed by atoms with E-state index in [-0.39, 0.29) is 18.3 Å². The third-order valence-corrected chi connectivity index (χ3v) is 4.63. The van der Waals surface area contributed by atoms with Gasteiger partial charge >= 0.3 is 5.97 Å². The first-order chi connectivity index (χ1) is 11.6. The molecule has 1 saturated carbocycles. The fourth-order valence-corrected chi connectivity index (χ4v) is 3.57. The van der Waals surface area contributed by atoms with Crippen LogP contribution in [0.3, 0.4) is 0 Å². The summed E-state index contributed by atoms with van der Waals surface area (Å²) in [5, 5.41) is 0. The number of nitrogens with zero attached hydrogens (tertiary/aromatic N) is 1. The van der Waals surface area contributed by atoms with Gasteiger partial charge in [0, 0.05) is 7.05 Å². The predicted octanol–water partition coefficient (Wildman–Crippen LogP) is 3.83. The van der Waals surface area contributed by atoms with E-state index in [2.05, 4.69) is 0 Å². The lowest BCUT2D eigenvalue weighted by Crippen LogP contribution is -2.48. The number of hydrogen-bond donors (Lipinski definition) is 0. The summed E-state index contributed by atoms with van der Waals surface area (Å²) in [5.41, 5.74) is -0.642. The molecule has 2 rings (SSSR count). The summed E-state index contributed by atoms with van der Waals surface area (Å²) in [6.07, 6.45) is 4.26. The summed E-state index contributed by atoms with van der Waals surface area (Å²) in [6.45, 7) is 5.28. The maximum absolute atomic E-state index is 13.8. The molecule has 0 heterocycles. The Morgan fingerprint density at radius 2 is 1.84 bits per heavy atom. The van der Waals surface area contributed by atoms with Crippen molar-refractivity contribution in [3.05, 3.63) is 35.6 Å². The largest absolute Gasteiger partial charge is 0.459 e. The fraction of sp³-hybridized carbons (Fsp3) is 0.600. The van der Waals surface area contributed by atoms with Gasteiger partial charge in [-0.05, 0) is 51.3 Å². The van der Waals surface area contributed by atoms with Crippen molar-refractivity contribution in [1.82, 2.24) is 4.90 Å². The van der Waals surface area contributed by atoms with Crippen LogP contribution in [-0.4, -0.2) is 36.0 Å². The zero-order valence-electron chi connectivity index (χ0n) is 15.6. The Labute approximate surface area is 149 Å². The molecule has 0 N–H and O–H groups in total. The van der Waals surface area contributed by atoms with Crippen LogP contribution < -0.4 is 0 Å². The molecule has 1 aromatic rings. The predicted molar refractivity (Wildman–Crippen MR) is 94.6 cm³/mol. The quantitative estimate of drug-likeness (QED) is 0.776. The van der Waals surface area contributed by atoms with E-state index in [1.807, 2.05) is 6.07 Å². The molecule has 1 aromatic carbocycles. The minimum Gasteiger partial charge on any atom is -0.459 e. The van der Waals surface area contributed by atoms with Gasteiger partial charge in [-0.15, -0.1) is 0 Å². The van der Waals surface area contributed by atoms with Gasteiger partial charge in [-0.3, -0.25) is 9.59 Å². The molecule has 0 aromatic heterocycles. The van der Waals surface area contributed by atoms with Gasteiger partial charge in [0.15, 0.2) is 0 Å². The van der Waals surface area contributed by atoms with Crippen molar-refractivity contribution in [2.75, 3.05) is 13.6 Å². The van der Waals surface area contributed by atoms with Crippen molar-refractivity contribution in [2.45, 2.75) is 63.9 Å². The first kappa shape index (κ1) is 19.4. The average Bonchev–Trinajstić information content (AvgIpc) is 2.52. The molecule has 0 atom stereocenters. The van der Waals surface area contributed by atoms with Gasteiger partial charge in [0.2, 0.25) is 5.91 Å². The molecule has 138 valence electrons. The van der Waals surface area contributed by atoms with Gasteiger partial charge in [0.05, 0.1) is 5.41 Å². The maximum Gasteiger partial charge on any atom is 0.326 e. The molecule has 1 aliphatic rings. The average molecular weight is 349 g/mol. The Morgan fingerprint density at radius 1 is 1.20 bits per heavy atom. The molecule has 5 heteroatoms. The first-order valence-corrected chi connectivity index (χ1v) is 8.87. The first-order valence-electron chi connectivity index (χ1n) is 8.87. The molecule has 0 bridgehead atoms. The highest BCUT2D eigenvalue weighted by Crippen LogP contribution is 2.41. The van der Waals surface area contributed by atoms with Gasteiger partial charge < -0.3 is 9.64 Å². The van der Waals surface area contributed by atoms with Crippen molar-refractivity contribution >= 4 is 11.9 Å². The van der Waals surface area contributed by atoms with Crippen LogP contribution in [0.15, 0.2) is 24.3 Å². The van der Waals surface area contributed by atoms with E-state index in [1.165, 1.54) is 17.0 Å². The minimum absolute atomic E-state index is 0.104. The number of benzene rings is 1. The Morgan fingerprint density at radius 3 is 2.40 bits per heavy atom. The number of esters is 1. The number of rotatable bonds is 4. The van der Waals surface area contributed by atoms with Crippen LogP contribution in [0.4, 0.5) is 4.39 Å². The van der Waals surface area contributed by atoms with Crippen molar-refractivity contribution < 1.29 is 18.7 Å². The number of ether oxygens (including phenoxy) is 1. The van der Waals surface area contributed by atoms with Crippen molar-refractivity contribution in [3.8, 4) is 0 Å². The monoisotopic (exact) mass is 349 g/mol. The molecule has 25 heavy (non-hydrogen) atoms. The van der Waals surface area contributed by atoms with E-state index >= 15 is 0 Å². The van der Waals surface area contributed by atoms with E-state index in [4.69, 9.17) is 4.74 Å². The molecule has 1 amide bonds. The van der Waals surface area contributed by atoms with Crippen LogP contribution >= 0.6 is 0 Å². The lowest BCUT2D eigenvalue weighted by molar-refractivity contribution is -0.159. The van der Waals surface area contributed by atoms with Gasteiger partial charge in [-0.1, -0.05) is 31.4 Å². The van der Waals surface area contributed by atoms with E-state index in [0.29, 0.717) is 18.4 Å². The maximum atomic E-state index is 13.8. The van der Waals surface area contributed by atoms with Crippen LogP contribution in [-0.2, 0) is 19.7 Å². The van der Waals surface area contributed by atoms with E-state index in [9.17, 15) is 14.0 Å². The van der Waals surface area contributed by atoms with Crippen LogP contribution in [0.25, 0.3) is 0 Å². The summed E-state index contributed by atoms with van der Waals surface area (Å²) in [6, 6.07) is 6.29. The highest BCUT2D eigenvalue weighted by atomic mass is 19.1. The fourth-order valence-electron chi connectivity index (χ4n) is 3.57. The van der Waals surface area contributed by atoms with Gasteiger partial charge in [-0.2, -0.15) is 0 Å². The Hall–Kier alpha value is -1.91. The highest BCUT2D eigenvalue weighted by molar-refractivity contribution is 5.90. The molecule has 1 aliphatic carbocycles. The molecule has 0 saturated heterocycles. The zero-order chi connectivity index (χ0) is 18.7. The number of carbonyl (C=O) groups is 2. The number of hydrogen-bond acceptors (Lipinski definition) is 3. The molecule has 4 nitrogen and oxygen atoms in total. The molecular weight excluding hydrogens is 321 g/mol. The molecule has 1 fully saturated rings. The third-order valence-electron chi connectivity index (χ3n) is 4.63. The second-order valence-electron chi connectivity index (χ2n) is 7.90. The smallest absolute Gasteiger partial charge is 0.326 e. The van der Waals surface area contributed by atoms with Crippen LogP contribution in [0, 0.1) is 5.82 Å². The van der Waals surface area contributed by atoms with Gasteiger partial charge in [0.25, 0.3) is 0 Å². The summed E-state index contributed by atoms with van der Waals surface area (Å²) >= 11 is 0. The second kappa shape index (κ2) is 7.54. The van der Waals surface area contributed by atoms with Crippen molar-refractivity contribution in [1.29, 1.82) is 0 Å². The Balaban J connectivity index is 2.23. The topological polar surface area (TPSA) is 46.6 Å². The summed E-state index contributed by atoms with van der Waals surface area (Å²) in [7, 11) is 1.61. The number of likely N-dealkylation sites (N-methyl/N-ethyl adjacent to an activating group) is 1. The summed E-state index contributed by atoms with van der Waals surface area (Å²) < 4.78 is 19.1. The number of amides is 1. The van der Waals surface area contributed by atoms with Gasteiger partial charge in [-0.25, -0.2) is 4.39 Å². The van der Waals surface area contributed by atoms with E-state index < -0.39 is 17.0 Å². The highest BCUT2D eigenvalue weighted by Gasteiger charge is 2.43. The molecule has 0 spiro atoms. The number of halogens is 1. The Kier molecular flexibility index (Phi) is 5.86. The second-order valence-corrected chi connectivity index (χ2v) is 7.90. The van der Waals surface area contributed by atoms with Crippen LogP contribution in [0.2, 0.25) is 0 Å². The van der Waals surface area contributed by atoms with Crippen molar-refractivity contribution in [3.63, 3.8) is 0 Å². The minimum atomic E-state index is -0.753. The molecule has 0 unspecified atom stereocenters. The SMILES string of the molecule is CN(CC(=O)OC(C)(C)C)C(=O)C1(c2cccc(F)c2)CCCCC1. The van der Waals surface area contributed by atoms with Crippen molar-refractivity contribution in [2.24, 2.45) is 0 Å². The van der Waals surface area contributed by atoms with Gasteiger partial charge in [0.1, 0.15) is 18.0 Å². The Bertz CT molecular complexity index is 630.